The molecule has 0 bridgehead atoms. The van der Waals surface area contributed by atoms with Gasteiger partial charge in [0.15, 0.2) is 0 Å². The number of anilines is 1. The van der Waals surface area contributed by atoms with Gasteiger partial charge in [-0.1, -0.05) is 31.2 Å². The van der Waals surface area contributed by atoms with Crippen molar-refractivity contribution in [2.24, 2.45) is 0 Å². The first-order valence-electron chi connectivity index (χ1n) is 8.58. The van der Waals surface area contributed by atoms with Crippen molar-refractivity contribution in [1.29, 1.82) is 0 Å². The molecule has 0 fully saturated rings. The van der Waals surface area contributed by atoms with Crippen LogP contribution in [0.2, 0.25) is 0 Å². The van der Waals surface area contributed by atoms with E-state index in [1.165, 1.54) is 12.1 Å². The molecule has 0 atom stereocenters. The molecule has 0 radical (unpaired) electrons. The molecule has 0 heterocycles. The van der Waals surface area contributed by atoms with Gasteiger partial charge < -0.3 is 10.2 Å². The van der Waals surface area contributed by atoms with E-state index in [1.807, 2.05) is 37.4 Å². The summed E-state index contributed by atoms with van der Waals surface area (Å²) in [6.45, 7) is 3.33. The maximum absolute atomic E-state index is 12.3. The van der Waals surface area contributed by atoms with Crippen LogP contribution in [0.4, 0.5) is 5.69 Å². The number of carbonyl (C=O) groups excluding carboxylic acids is 1. The van der Waals surface area contributed by atoms with Crippen molar-refractivity contribution in [2.45, 2.75) is 18.2 Å². The molecule has 26 heavy (non-hydrogen) atoms. The van der Waals surface area contributed by atoms with Gasteiger partial charge in [-0.15, -0.1) is 0 Å². The lowest BCUT2D eigenvalue weighted by molar-refractivity contribution is 0.0953. The predicted octanol–water partition coefficient (Wildman–Crippen LogP) is 2.24. The topological polar surface area (TPSA) is 78.5 Å². The third kappa shape index (κ3) is 5.57. The maximum Gasteiger partial charge on any atom is 0.251 e. The van der Waals surface area contributed by atoms with Crippen LogP contribution in [-0.4, -0.2) is 41.0 Å². The molecule has 0 aliphatic rings. The molecule has 1 amide bonds. The zero-order chi connectivity index (χ0) is 19.0. The average molecular weight is 375 g/mol. The van der Waals surface area contributed by atoms with E-state index in [2.05, 4.69) is 14.9 Å². The Hall–Kier alpha value is -2.38. The molecular formula is C19H25N3O3S. The van der Waals surface area contributed by atoms with E-state index in [0.29, 0.717) is 18.7 Å². The fourth-order valence-corrected chi connectivity index (χ4v) is 3.60. The lowest BCUT2D eigenvalue weighted by Crippen LogP contribution is -2.28. The van der Waals surface area contributed by atoms with Crippen LogP contribution in [0, 0.1) is 0 Å². The van der Waals surface area contributed by atoms with Crippen molar-refractivity contribution in [1.82, 2.24) is 10.0 Å². The van der Waals surface area contributed by atoms with Gasteiger partial charge in [-0.3, -0.25) is 4.79 Å². The van der Waals surface area contributed by atoms with E-state index in [0.717, 1.165) is 18.7 Å². The van der Waals surface area contributed by atoms with Gasteiger partial charge >= 0.3 is 0 Å². The Balaban J connectivity index is 1.86. The molecular weight excluding hydrogens is 350 g/mol. The van der Waals surface area contributed by atoms with Crippen LogP contribution in [0.25, 0.3) is 0 Å². The van der Waals surface area contributed by atoms with Gasteiger partial charge in [-0.25, -0.2) is 13.1 Å². The van der Waals surface area contributed by atoms with Crippen molar-refractivity contribution >= 4 is 21.6 Å². The van der Waals surface area contributed by atoms with E-state index in [-0.39, 0.29) is 10.8 Å². The number of carbonyl (C=O) groups is 1. The summed E-state index contributed by atoms with van der Waals surface area (Å²) >= 11 is 0. The summed E-state index contributed by atoms with van der Waals surface area (Å²) in [5.41, 5.74) is 1.46. The van der Waals surface area contributed by atoms with E-state index < -0.39 is 10.0 Å². The van der Waals surface area contributed by atoms with Crippen molar-refractivity contribution in [3.8, 4) is 0 Å². The Morgan fingerprint density at radius 1 is 1.08 bits per heavy atom. The zero-order valence-corrected chi connectivity index (χ0v) is 15.9. The number of hydrogen-bond donors (Lipinski definition) is 2. The first-order valence-corrected chi connectivity index (χ1v) is 10.1. The van der Waals surface area contributed by atoms with Crippen LogP contribution < -0.4 is 14.9 Å². The summed E-state index contributed by atoms with van der Waals surface area (Å²) in [6.07, 6.45) is 0.784. The quantitative estimate of drug-likeness (QED) is 0.659. The first kappa shape index (κ1) is 19.9. The second-order valence-electron chi connectivity index (χ2n) is 5.90. The molecule has 140 valence electrons. The number of benzene rings is 2. The van der Waals surface area contributed by atoms with E-state index in [1.54, 1.807) is 19.1 Å². The Bertz CT molecular complexity index is 823. The molecule has 6 nitrogen and oxygen atoms in total. The predicted molar refractivity (Wildman–Crippen MR) is 104 cm³/mol. The first-order chi connectivity index (χ1) is 12.4. The van der Waals surface area contributed by atoms with Gasteiger partial charge in [0.05, 0.1) is 4.90 Å². The fourth-order valence-electron chi connectivity index (χ4n) is 2.51. The highest BCUT2D eigenvalue weighted by atomic mass is 32.2. The highest BCUT2D eigenvalue weighted by molar-refractivity contribution is 7.89. The van der Waals surface area contributed by atoms with E-state index in [4.69, 9.17) is 0 Å². The number of amides is 1. The molecule has 2 rings (SSSR count). The molecule has 0 saturated heterocycles. The van der Waals surface area contributed by atoms with Gasteiger partial charge in [0.1, 0.15) is 0 Å². The van der Waals surface area contributed by atoms with Crippen LogP contribution in [0.3, 0.4) is 0 Å². The van der Waals surface area contributed by atoms with Crippen LogP contribution in [0.15, 0.2) is 59.5 Å². The minimum absolute atomic E-state index is 0.0933. The molecule has 0 aromatic heterocycles. The fraction of sp³-hybridized carbons (Fsp3) is 0.316. The minimum atomic E-state index is -3.57. The Labute approximate surface area is 155 Å². The molecule has 0 aliphatic carbocycles. The summed E-state index contributed by atoms with van der Waals surface area (Å²) in [5, 5.41) is 2.84. The molecule has 0 unspecified atom stereocenters. The second-order valence-corrected chi connectivity index (χ2v) is 7.66. The molecule has 0 spiro atoms. The van der Waals surface area contributed by atoms with Crippen molar-refractivity contribution < 1.29 is 13.2 Å². The van der Waals surface area contributed by atoms with Gasteiger partial charge in [0.2, 0.25) is 10.0 Å². The smallest absolute Gasteiger partial charge is 0.251 e. The highest BCUT2D eigenvalue weighted by Gasteiger charge is 2.15. The van der Waals surface area contributed by atoms with Crippen molar-refractivity contribution in [2.75, 3.05) is 31.6 Å². The maximum atomic E-state index is 12.3. The lowest BCUT2D eigenvalue weighted by Gasteiger charge is -2.19. The third-order valence-electron chi connectivity index (χ3n) is 3.89. The largest absolute Gasteiger partial charge is 0.375 e. The lowest BCUT2D eigenvalue weighted by atomic mass is 10.2. The molecule has 2 N–H and O–H groups in total. The molecule has 0 saturated carbocycles. The minimum Gasteiger partial charge on any atom is -0.375 e. The van der Waals surface area contributed by atoms with E-state index >= 15 is 0 Å². The third-order valence-corrected chi connectivity index (χ3v) is 5.44. The Morgan fingerprint density at radius 3 is 2.50 bits per heavy atom. The molecule has 2 aromatic rings. The van der Waals surface area contributed by atoms with Crippen LogP contribution in [0.1, 0.15) is 23.7 Å². The molecule has 2 aromatic carbocycles. The van der Waals surface area contributed by atoms with Crippen LogP contribution >= 0.6 is 0 Å². The average Bonchev–Trinajstić information content (AvgIpc) is 2.65. The van der Waals surface area contributed by atoms with Crippen LogP contribution in [0.5, 0.6) is 0 Å². The summed E-state index contributed by atoms with van der Waals surface area (Å²) in [5.74, 6) is -0.277. The summed E-state index contributed by atoms with van der Waals surface area (Å²) in [7, 11) is -1.56. The Morgan fingerprint density at radius 2 is 1.81 bits per heavy atom. The normalized spacial score (nSPS) is 11.2. The van der Waals surface area contributed by atoms with Crippen molar-refractivity contribution in [3.05, 3.63) is 60.2 Å². The Kier molecular flexibility index (Phi) is 7.17. The van der Waals surface area contributed by atoms with Gasteiger partial charge in [0.25, 0.3) is 5.91 Å². The van der Waals surface area contributed by atoms with Gasteiger partial charge in [-0.05, 0) is 36.8 Å². The molecule has 0 aliphatic heterocycles. The van der Waals surface area contributed by atoms with Crippen LogP contribution in [-0.2, 0) is 10.0 Å². The number of hydrogen-bond acceptors (Lipinski definition) is 4. The summed E-state index contributed by atoms with van der Waals surface area (Å²) < 4.78 is 26.5. The van der Waals surface area contributed by atoms with Gasteiger partial charge in [-0.2, -0.15) is 0 Å². The molecule has 7 heteroatoms. The number of rotatable bonds is 9. The van der Waals surface area contributed by atoms with Crippen molar-refractivity contribution in [3.63, 3.8) is 0 Å². The number of nitrogens with one attached hydrogen (secondary N) is 2. The van der Waals surface area contributed by atoms with Gasteiger partial charge in [0, 0.05) is 37.9 Å². The second kappa shape index (κ2) is 9.35. The SMILES string of the molecule is CCNS(=O)(=O)c1cccc(C(=O)NCCCN(C)c2ccccc2)c1. The highest BCUT2D eigenvalue weighted by Crippen LogP contribution is 2.12. The summed E-state index contributed by atoms with van der Waals surface area (Å²) in [4.78, 5) is 14.5. The zero-order valence-electron chi connectivity index (χ0n) is 15.1. The monoisotopic (exact) mass is 375 g/mol. The van der Waals surface area contributed by atoms with E-state index in [9.17, 15) is 13.2 Å². The standard InChI is InChI=1S/C19H25N3O3S/c1-3-21-26(24,25)18-12-7-9-16(15-18)19(23)20-13-8-14-22(2)17-10-5-4-6-11-17/h4-7,9-12,15,21H,3,8,13-14H2,1-2H3,(H,20,23). The number of sulfonamides is 1. The number of nitrogens with zero attached hydrogens (tertiary/aromatic N) is 1. The number of para-hydroxylation sites is 1. The summed E-state index contributed by atoms with van der Waals surface area (Å²) in [6, 6.07) is 16.1.